The van der Waals surface area contributed by atoms with Crippen LogP contribution in [-0.4, -0.2) is 15.2 Å². The third-order valence-corrected chi connectivity index (χ3v) is 4.58. The molecule has 2 nitrogen and oxygen atoms in total. The van der Waals surface area contributed by atoms with E-state index < -0.39 is 11.0 Å². The van der Waals surface area contributed by atoms with E-state index in [-0.39, 0.29) is 4.75 Å². The maximum atomic E-state index is 11.6. The third kappa shape index (κ3) is 3.29. The van der Waals surface area contributed by atoms with E-state index in [1.165, 1.54) is 0 Å². The third-order valence-electron chi connectivity index (χ3n) is 1.43. The minimum Gasteiger partial charge on any atom is -0.234 e. The highest BCUT2D eigenvalue weighted by Crippen LogP contribution is 2.21. The van der Waals surface area contributed by atoms with Crippen molar-refractivity contribution in [2.24, 2.45) is 4.40 Å². The van der Waals surface area contributed by atoms with Gasteiger partial charge < -0.3 is 0 Å². The molecule has 14 heavy (non-hydrogen) atoms. The van der Waals surface area contributed by atoms with Gasteiger partial charge in [-0.1, -0.05) is 0 Å². The summed E-state index contributed by atoms with van der Waals surface area (Å²) in [6.45, 7) is 5.72. The number of halogens is 1. The summed E-state index contributed by atoms with van der Waals surface area (Å²) in [6, 6.07) is 1.95. The average molecular weight is 294 g/mol. The number of thiophene rings is 1. The van der Waals surface area contributed by atoms with Crippen molar-refractivity contribution in [3.8, 4) is 0 Å². The number of rotatable bonds is 2. The molecular formula is C9H12BrNOS2. The van der Waals surface area contributed by atoms with Crippen molar-refractivity contribution in [2.45, 2.75) is 25.5 Å². The molecule has 0 radical (unpaired) electrons. The molecule has 0 bridgehead atoms. The molecule has 0 aliphatic heterocycles. The Morgan fingerprint density at radius 2 is 2.21 bits per heavy atom. The van der Waals surface area contributed by atoms with Crippen molar-refractivity contribution < 1.29 is 4.21 Å². The molecule has 0 amide bonds. The standard InChI is InChI=1S/C9H12BrNOS2/c1-9(2,3)14(12)11-6-8-7(10)4-5-13-8/h4-6H,1-3H3/t14-/m0/s1. The lowest BCUT2D eigenvalue weighted by molar-refractivity contribution is 0.651. The van der Waals surface area contributed by atoms with Crippen LogP contribution in [-0.2, 0) is 11.0 Å². The predicted molar refractivity (Wildman–Crippen MR) is 67.5 cm³/mol. The monoisotopic (exact) mass is 293 g/mol. The van der Waals surface area contributed by atoms with Gasteiger partial charge in [0.15, 0.2) is 0 Å². The van der Waals surface area contributed by atoms with Crippen molar-refractivity contribution in [1.29, 1.82) is 0 Å². The summed E-state index contributed by atoms with van der Waals surface area (Å²) in [6.07, 6.45) is 1.66. The molecule has 0 N–H and O–H groups in total. The molecular weight excluding hydrogens is 282 g/mol. The summed E-state index contributed by atoms with van der Waals surface area (Å²) >= 11 is 4.96. The first kappa shape index (κ1) is 12.1. The summed E-state index contributed by atoms with van der Waals surface area (Å²) in [7, 11) is -1.17. The molecule has 0 aliphatic rings. The van der Waals surface area contributed by atoms with Gasteiger partial charge in [0, 0.05) is 4.47 Å². The van der Waals surface area contributed by atoms with Crippen LogP contribution in [0.1, 0.15) is 25.6 Å². The summed E-state index contributed by atoms with van der Waals surface area (Å²) in [5.74, 6) is 0. The van der Waals surface area contributed by atoms with Gasteiger partial charge in [-0.3, -0.25) is 0 Å². The van der Waals surface area contributed by atoms with Crippen molar-refractivity contribution in [3.63, 3.8) is 0 Å². The lowest BCUT2D eigenvalue weighted by Gasteiger charge is -2.12. The number of hydrogen-bond donors (Lipinski definition) is 0. The summed E-state index contributed by atoms with van der Waals surface area (Å²) in [4.78, 5) is 1.00. The zero-order valence-electron chi connectivity index (χ0n) is 8.28. The van der Waals surface area contributed by atoms with Gasteiger partial charge in [-0.15, -0.1) is 11.3 Å². The van der Waals surface area contributed by atoms with Crippen molar-refractivity contribution >= 4 is 44.5 Å². The van der Waals surface area contributed by atoms with E-state index in [1.54, 1.807) is 17.6 Å². The topological polar surface area (TPSA) is 29.4 Å². The quantitative estimate of drug-likeness (QED) is 0.769. The smallest absolute Gasteiger partial charge is 0.144 e. The molecule has 0 unspecified atom stereocenters. The molecule has 0 fully saturated rings. The van der Waals surface area contributed by atoms with Crippen LogP contribution in [0.2, 0.25) is 0 Å². The SMILES string of the molecule is CC(C)(C)[S@](=O)N=Cc1sccc1Br. The maximum Gasteiger partial charge on any atom is 0.144 e. The Morgan fingerprint density at radius 1 is 1.57 bits per heavy atom. The van der Waals surface area contributed by atoms with Gasteiger partial charge in [0.05, 0.1) is 15.8 Å². The van der Waals surface area contributed by atoms with Crippen LogP contribution in [0.15, 0.2) is 20.3 Å². The van der Waals surface area contributed by atoms with Crippen LogP contribution < -0.4 is 0 Å². The molecule has 0 aromatic carbocycles. The minimum atomic E-state index is -1.17. The summed E-state index contributed by atoms with van der Waals surface area (Å²) in [5.41, 5.74) is 0. The second-order valence-corrected chi connectivity index (χ2v) is 7.46. The molecule has 1 rings (SSSR count). The molecule has 0 saturated heterocycles. The van der Waals surface area contributed by atoms with E-state index in [0.29, 0.717) is 0 Å². The highest BCUT2D eigenvalue weighted by molar-refractivity contribution is 9.10. The van der Waals surface area contributed by atoms with Crippen LogP contribution >= 0.6 is 27.3 Å². The zero-order chi connectivity index (χ0) is 10.8. The fourth-order valence-electron chi connectivity index (χ4n) is 0.651. The van der Waals surface area contributed by atoms with Crippen molar-refractivity contribution in [1.82, 2.24) is 0 Å². The second-order valence-electron chi connectivity index (χ2n) is 3.73. The van der Waals surface area contributed by atoms with E-state index >= 15 is 0 Å². The predicted octanol–water partition coefficient (Wildman–Crippen LogP) is 3.39. The molecule has 1 atom stereocenters. The fraction of sp³-hybridized carbons (Fsp3) is 0.444. The molecule has 0 spiro atoms. The van der Waals surface area contributed by atoms with Gasteiger partial charge in [0.2, 0.25) is 0 Å². The fourth-order valence-corrected chi connectivity index (χ4v) is 2.57. The molecule has 0 aliphatic carbocycles. The Balaban J connectivity index is 2.75. The number of hydrogen-bond acceptors (Lipinski definition) is 2. The Hall–Kier alpha value is -0.000000000000000111. The molecule has 78 valence electrons. The molecule has 1 heterocycles. The van der Waals surface area contributed by atoms with Gasteiger partial charge >= 0.3 is 0 Å². The van der Waals surface area contributed by atoms with E-state index in [1.807, 2.05) is 32.2 Å². The Morgan fingerprint density at radius 3 is 2.64 bits per heavy atom. The van der Waals surface area contributed by atoms with Gasteiger partial charge in [-0.2, -0.15) is 4.40 Å². The Kier molecular flexibility index (Phi) is 4.04. The molecule has 1 aromatic rings. The molecule has 5 heteroatoms. The normalized spacial score (nSPS) is 14.9. The van der Waals surface area contributed by atoms with E-state index in [9.17, 15) is 4.21 Å². The maximum absolute atomic E-state index is 11.6. The van der Waals surface area contributed by atoms with Crippen LogP contribution in [0.5, 0.6) is 0 Å². The summed E-state index contributed by atoms with van der Waals surface area (Å²) < 4.78 is 16.3. The van der Waals surface area contributed by atoms with Gasteiger partial charge in [-0.05, 0) is 48.1 Å². The first-order valence-electron chi connectivity index (χ1n) is 4.10. The van der Waals surface area contributed by atoms with Crippen molar-refractivity contribution in [3.05, 3.63) is 20.8 Å². The average Bonchev–Trinajstić information content (AvgIpc) is 2.45. The van der Waals surface area contributed by atoms with Gasteiger partial charge in [0.25, 0.3) is 0 Å². The van der Waals surface area contributed by atoms with E-state index in [2.05, 4.69) is 20.3 Å². The Bertz CT molecular complexity index is 365. The highest BCUT2D eigenvalue weighted by Gasteiger charge is 2.18. The molecule has 1 aromatic heterocycles. The highest BCUT2D eigenvalue weighted by atomic mass is 79.9. The lowest BCUT2D eigenvalue weighted by Crippen LogP contribution is -2.19. The first-order chi connectivity index (χ1) is 6.41. The zero-order valence-corrected chi connectivity index (χ0v) is 11.5. The lowest BCUT2D eigenvalue weighted by atomic mass is 10.3. The van der Waals surface area contributed by atoms with Gasteiger partial charge in [-0.25, -0.2) is 4.21 Å². The van der Waals surface area contributed by atoms with E-state index in [0.717, 1.165) is 9.35 Å². The first-order valence-corrected chi connectivity index (χ1v) is 6.88. The Labute approximate surface area is 99.2 Å². The second kappa shape index (κ2) is 4.68. The van der Waals surface area contributed by atoms with Crippen LogP contribution in [0, 0.1) is 0 Å². The summed E-state index contributed by atoms with van der Waals surface area (Å²) in [5, 5.41) is 1.96. The van der Waals surface area contributed by atoms with Gasteiger partial charge in [0.1, 0.15) is 11.0 Å². The van der Waals surface area contributed by atoms with E-state index in [4.69, 9.17) is 0 Å². The largest absolute Gasteiger partial charge is 0.234 e. The minimum absolute atomic E-state index is 0.291. The van der Waals surface area contributed by atoms with Crippen molar-refractivity contribution in [2.75, 3.05) is 0 Å². The van der Waals surface area contributed by atoms with Crippen LogP contribution in [0.4, 0.5) is 0 Å². The van der Waals surface area contributed by atoms with Crippen LogP contribution in [0.3, 0.4) is 0 Å². The van der Waals surface area contributed by atoms with Crippen LogP contribution in [0.25, 0.3) is 0 Å². The molecule has 0 saturated carbocycles. The number of nitrogens with zero attached hydrogens (tertiary/aromatic N) is 1.